The molecule has 0 saturated heterocycles. The number of hydrogen-bond acceptors (Lipinski definition) is 3. The van der Waals surface area contributed by atoms with Crippen molar-refractivity contribution >= 4 is 39.8 Å². The molecule has 2 rings (SSSR count). The van der Waals surface area contributed by atoms with Gasteiger partial charge in [-0.15, -0.1) is 24.0 Å². The highest BCUT2D eigenvalue weighted by Gasteiger charge is 2.11. The molecule has 7 heteroatoms. The molecule has 0 aliphatic carbocycles. The number of nitrogens with zero attached hydrogens (tertiary/aromatic N) is 1. The van der Waals surface area contributed by atoms with Gasteiger partial charge in [0, 0.05) is 13.1 Å². The van der Waals surface area contributed by atoms with Crippen LogP contribution in [0.4, 0.5) is 0 Å². The maximum absolute atomic E-state index is 12.2. The molecule has 28 heavy (non-hydrogen) atoms. The van der Waals surface area contributed by atoms with Crippen molar-refractivity contribution in [1.82, 2.24) is 10.6 Å². The number of hydrogen-bond donors (Lipinski definition) is 2. The standard InChI is InChI=1S/C21H29N3O2S.HI/c1-3-22-21(24-16-20-12-7-9-18(2)15-20)23-13-8-14-27(25,26)17-19-10-5-4-6-11-19;/h4-7,9-12,15H,3,8,13-14,16-17H2,1-2H3,(H2,22,23,24);1H. The summed E-state index contributed by atoms with van der Waals surface area (Å²) in [7, 11) is -3.11. The van der Waals surface area contributed by atoms with Crippen LogP contribution in [0.2, 0.25) is 0 Å². The Balaban J connectivity index is 0.00000392. The van der Waals surface area contributed by atoms with Crippen molar-refractivity contribution in [2.45, 2.75) is 32.6 Å². The summed E-state index contributed by atoms with van der Waals surface area (Å²) in [5.74, 6) is 0.959. The SMILES string of the molecule is CCNC(=NCc1cccc(C)c1)NCCCS(=O)(=O)Cc1ccccc1.I. The van der Waals surface area contributed by atoms with Crippen molar-refractivity contribution in [3.8, 4) is 0 Å². The molecule has 0 unspecified atom stereocenters. The molecule has 0 saturated carbocycles. The van der Waals surface area contributed by atoms with Crippen LogP contribution in [0, 0.1) is 6.92 Å². The number of halogens is 1. The predicted octanol–water partition coefficient (Wildman–Crippen LogP) is 3.67. The van der Waals surface area contributed by atoms with Gasteiger partial charge in [-0.1, -0.05) is 60.2 Å². The Kier molecular flexibility index (Phi) is 11.1. The zero-order valence-electron chi connectivity index (χ0n) is 16.5. The molecule has 2 N–H and O–H groups in total. The molecule has 0 aliphatic heterocycles. The molecule has 5 nitrogen and oxygen atoms in total. The van der Waals surface area contributed by atoms with Crippen LogP contribution >= 0.6 is 24.0 Å². The first-order chi connectivity index (χ1) is 13.0. The van der Waals surface area contributed by atoms with Gasteiger partial charge in [0.2, 0.25) is 0 Å². The minimum Gasteiger partial charge on any atom is -0.357 e. The molecule has 0 spiro atoms. The van der Waals surface area contributed by atoms with E-state index in [0.29, 0.717) is 25.5 Å². The second kappa shape index (κ2) is 12.8. The van der Waals surface area contributed by atoms with Crippen molar-refractivity contribution in [2.75, 3.05) is 18.8 Å². The van der Waals surface area contributed by atoms with E-state index in [2.05, 4.69) is 40.7 Å². The average molecular weight is 515 g/mol. The largest absolute Gasteiger partial charge is 0.357 e. The summed E-state index contributed by atoms with van der Waals surface area (Å²) in [5.41, 5.74) is 3.19. The van der Waals surface area contributed by atoms with Gasteiger partial charge in [-0.3, -0.25) is 0 Å². The third kappa shape index (κ3) is 9.54. The van der Waals surface area contributed by atoms with Crippen LogP contribution in [0.1, 0.15) is 30.0 Å². The lowest BCUT2D eigenvalue weighted by molar-refractivity contribution is 0.591. The summed E-state index contributed by atoms with van der Waals surface area (Å²) in [6.45, 7) is 5.98. The van der Waals surface area contributed by atoms with E-state index in [-0.39, 0.29) is 35.5 Å². The Morgan fingerprint density at radius 3 is 2.39 bits per heavy atom. The highest BCUT2D eigenvalue weighted by atomic mass is 127. The maximum atomic E-state index is 12.2. The zero-order chi connectivity index (χ0) is 19.5. The summed E-state index contributed by atoms with van der Waals surface area (Å²) in [4.78, 5) is 4.57. The van der Waals surface area contributed by atoms with Crippen molar-refractivity contribution in [3.05, 3.63) is 71.3 Å². The van der Waals surface area contributed by atoms with E-state index >= 15 is 0 Å². The van der Waals surface area contributed by atoms with E-state index in [0.717, 1.165) is 17.7 Å². The second-order valence-corrected chi connectivity index (χ2v) is 8.73. The predicted molar refractivity (Wildman–Crippen MR) is 128 cm³/mol. The quantitative estimate of drug-likeness (QED) is 0.232. The molecule has 0 atom stereocenters. The summed E-state index contributed by atoms with van der Waals surface area (Å²) in [6.07, 6.45) is 0.546. The van der Waals surface area contributed by atoms with Crippen molar-refractivity contribution < 1.29 is 8.42 Å². The number of sulfone groups is 1. The molecule has 2 aromatic rings. The summed E-state index contributed by atoms with van der Waals surface area (Å²) in [5, 5.41) is 6.41. The van der Waals surface area contributed by atoms with E-state index in [1.54, 1.807) is 0 Å². The van der Waals surface area contributed by atoms with Gasteiger partial charge in [-0.2, -0.15) is 0 Å². The van der Waals surface area contributed by atoms with E-state index < -0.39 is 9.84 Å². The summed E-state index contributed by atoms with van der Waals surface area (Å²) in [6, 6.07) is 17.6. The van der Waals surface area contributed by atoms with Crippen LogP contribution in [0.25, 0.3) is 0 Å². The normalized spacial score (nSPS) is 11.6. The number of rotatable bonds is 9. The molecule has 154 valence electrons. The molecular weight excluding hydrogens is 485 g/mol. The highest BCUT2D eigenvalue weighted by Crippen LogP contribution is 2.07. The topological polar surface area (TPSA) is 70.6 Å². The van der Waals surface area contributed by atoms with Gasteiger partial charge < -0.3 is 10.6 Å². The fraction of sp³-hybridized carbons (Fsp3) is 0.381. The Morgan fingerprint density at radius 2 is 1.71 bits per heavy atom. The van der Waals surface area contributed by atoms with E-state index in [9.17, 15) is 8.42 Å². The molecule has 0 aromatic heterocycles. The van der Waals surface area contributed by atoms with Crippen molar-refractivity contribution in [2.24, 2.45) is 4.99 Å². The average Bonchev–Trinajstić information content (AvgIpc) is 2.63. The first kappa shape index (κ1) is 24.4. The first-order valence-corrected chi connectivity index (χ1v) is 11.1. The second-order valence-electron chi connectivity index (χ2n) is 6.54. The number of guanidine groups is 1. The third-order valence-corrected chi connectivity index (χ3v) is 5.68. The zero-order valence-corrected chi connectivity index (χ0v) is 19.7. The minimum absolute atomic E-state index is 0. The smallest absolute Gasteiger partial charge is 0.191 e. The molecule has 2 aromatic carbocycles. The number of aryl methyl sites for hydroxylation is 1. The van der Waals surface area contributed by atoms with E-state index in [1.165, 1.54) is 5.56 Å². The van der Waals surface area contributed by atoms with E-state index in [4.69, 9.17) is 0 Å². The molecule has 0 bridgehead atoms. The Labute approximate surface area is 186 Å². The van der Waals surface area contributed by atoms with E-state index in [1.807, 2.05) is 43.3 Å². The Hall–Kier alpha value is -1.61. The van der Waals surface area contributed by atoms with Crippen LogP contribution in [-0.2, 0) is 22.1 Å². The molecular formula is C21H30IN3O2S. The number of aliphatic imine (C=N–C) groups is 1. The van der Waals surface area contributed by atoms with Gasteiger partial charge in [0.25, 0.3) is 0 Å². The fourth-order valence-electron chi connectivity index (χ4n) is 2.72. The van der Waals surface area contributed by atoms with Crippen molar-refractivity contribution in [1.29, 1.82) is 0 Å². The number of nitrogens with one attached hydrogen (secondary N) is 2. The van der Waals surface area contributed by atoms with Gasteiger partial charge in [-0.05, 0) is 31.4 Å². The molecule has 0 fully saturated rings. The maximum Gasteiger partial charge on any atom is 0.191 e. The third-order valence-electron chi connectivity index (χ3n) is 4.00. The van der Waals surface area contributed by atoms with Gasteiger partial charge >= 0.3 is 0 Å². The molecule has 0 amide bonds. The van der Waals surface area contributed by atoms with Crippen LogP contribution in [0.15, 0.2) is 59.6 Å². The highest BCUT2D eigenvalue weighted by molar-refractivity contribution is 14.0. The van der Waals surface area contributed by atoms with Crippen LogP contribution < -0.4 is 10.6 Å². The Bertz CT molecular complexity index is 840. The first-order valence-electron chi connectivity index (χ1n) is 9.30. The monoisotopic (exact) mass is 515 g/mol. The minimum atomic E-state index is -3.11. The van der Waals surface area contributed by atoms with Gasteiger partial charge in [0.1, 0.15) is 0 Å². The van der Waals surface area contributed by atoms with Crippen LogP contribution in [0.3, 0.4) is 0 Å². The lowest BCUT2D eigenvalue weighted by Crippen LogP contribution is -2.38. The van der Waals surface area contributed by atoms with Crippen LogP contribution in [0.5, 0.6) is 0 Å². The molecule has 0 radical (unpaired) electrons. The Morgan fingerprint density at radius 1 is 1.00 bits per heavy atom. The lowest BCUT2D eigenvalue weighted by atomic mass is 10.1. The summed E-state index contributed by atoms with van der Waals surface area (Å²) >= 11 is 0. The lowest BCUT2D eigenvalue weighted by Gasteiger charge is -2.11. The summed E-state index contributed by atoms with van der Waals surface area (Å²) < 4.78 is 24.5. The van der Waals surface area contributed by atoms with Gasteiger partial charge in [-0.25, -0.2) is 13.4 Å². The number of benzene rings is 2. The van der Waals surface area contributed by atoms with Crippen LogP contribution in [-0.4, -0.2) is 33.2 Å². The molecule has 0 aliphatic rings. The van der Waals surface area contributed by atoms with Crippen molar-refractivity contribution in [3.63, 3.8) is 0 Å². The molecule has 0 heterocycles. The van der Waals surface area contributed by atoms with Gasteiger partial charge in [0.05, 0.1) is 18.1 Å². The fourth-order valence-corrected chi connectivity index (χ4v) is 4.15. The van der Waals surface area contributed by atoms with Gasteiger partial charge in [0.15, 0.2) is 15.8 Å².